The van der Waals surface area contributed by atoms with Crippen LogP contribution in [0.25, 0.3) is 0 Å². The summed E-state index contributed by atoms with van der Waals surface area (Å²) in [6.07, 6.45) is 10.4. The number of terminal acetylenes is 1. The quantitative estimate of drug-likeness (QED) is 0.330. The van der Waals surface area contributed by atoms with Crippen LogP contribution in [0.5, 0.6) is 0 Å². The van der Waals surface area contributed by atoms with Crippen LogP contribution < -0.4 is 10.6 Å². The second-order valence-corrected chi connectivity index (χ2v) is 4.99. The van der Waals surface area contributed by atoms with Gasteiger partial charge in [-0.25, -0.2) is 0 Å². The fraction of sp³-hybridized carbons (Fsp3) is 0.750. The molecule has 2 N–H and O–H groups in total. The summed E-state index contributed by atoms with van der Waals surface area (Å²) in [5, 5.41) is 6.75. The molecule has 16 heavy (non-hydrogen) atoms. The van der Waals surface area contributed by atoms with E-state index in [2.05, 4.69) is 21.5 Å². The van der Waals surface area contributed by atoms with Crippen molar-refractivity contribution in [3.05, 3.63) is 0 Å². The van der Waals surface area contributed by atoms with Gasteiger partial charge >= 0.3 is 0 Å². The SMILES string of the molecule is C#CCSCCNC(=NC)NC1CCCC1. The van der Waals surface area contributed by atoms with Crippen molar-refractivity contribution in [1.29, 1.82) is 0 Å². The zero-order valence-electron chi connectivity index (χ0n) is 9.96. The Balaban J connectivity index is 2.10. The largest absolute Gasteiger partial charge is 0.356 e. The van der Waals surface area contributed by atoms with Gasteiger partial charge in [-0.05, 0) is 12.8 Å². The predicted molar refractivity (Wildman–Crippen MR) is 72.9 cm³/mol. The van der Waals surface area contributed by atoms with Crippen LogP contribution in [-0.2, 0) is 0 Å². The zero-order valence-corrected chi connectivity index (χ0v) is 10.8. The van der Waals surface area contributed by atoms with Gasteiger partial charge in [-0.2, -0.15) is 0 Å². The maximum absolute atomic E-state index is 5.18. The van der Waals surface area contributed by atoms with Gasteiger partial charge in [0.1, 0.15) is 0 Å². The summed E-state index contributed by atoms with van der Waals surface area (Å²) >= 11 is 1.77. The van der Waals surface area contributed by atoms with E-state index in [-0.39, 0.29) is 0 Å². The molecule has 3 nitrogen and oxygen atoms in total. The van der Waals surface area contributed by atoms with Crippen molar-refractivity contribution in [1.82, 2.24) is 10.6 Å². The molecule has 0 aromatic carbocycles. The molecule has 1 saturated carbocycles. The fourth-order valence-electron chi connectivity index (χ4n) is 1.83. The molecule has 0 aliphatic heterocycles. The summed E-state index contributed by atoms with van der Waals surface area (Å²) in [7, 11) is 1.82. The van der Waals surface area contributed by atoms with Crippen LogP contribution in [0.15, 0.2) is 4.99 Å². The van der Waals surface area contributed by atoms with Crippen LogP contribution in [0.1, 0.15) is 25.7 Å². The van der Waals surface area contributed by atoms with E-state index in [1.807, 2.05) is 7.05 Å². The molecule has 0 bridgehead atoms. The molecule has 1 rings (SSSR count). The van der Waals surface area contributed by atoms with Crippen LogP contribution in [0, 0.1) is 12.3 Å². The molecule has 0 aromatic heterocycles. The van der Waals surface area contributed by atoms with E-state index in [0.717, 1.165) is 24.0 Å². The lowest BCUT2D eigenvalue weighted by Crippen LogP contribution is -2.43. The highest BCUT2D eigenvalue weighted by Crippen LogP contribution is 2.17. The molecule has 1 aliphatic rings. The first-order chi connectivity index (χ1) is 7.86. The van der Waals surface area contributed by atoms with Gasteiger partial charge in [0, 0.05) is 25.4 Å². The summed E-state index contributed by atoms with van der Waals surface area (Å²) in [4.78, 5) is 4.21. The number of guanidine groups is 1. The first-order valence-corrected chi connectivity index (χ1v) is 7.00. The number of aliphatic imine (C=N–C) groups is 1. The van der Waals surface area contributed by atoms with Crippen molar-refractivity contribution in [3.63, 3.8) is 0 Å². The molecule has 0 aromatic rings. The van der Waals surface area contributed by atoms with E-state index < -0.39 is 0 Å². The molecular weight excluding hydrogens is 218 g/mol. The lowest BCUT2D eigenvalue weighted by atomic mass is 10.2. The molecule has 0 radical (unpaired) electrons. The summed E-state index contributed by atoms with van der Waals surface area (Å²) in [5.74, 6) is 5.35. The van der Waals surface area contributed by atoms with Crippen molar-refractivity contribution in [3.8, 4) is 12.3 Å². The number of hydrogen-bond acceptors (Lipinski definition) is 2. The minimum Gasteiger partial charge on any atom is -0.356 e. The Morgan fingerprint density at radius 2 is 2.25 bits per heavy atom. The van der Waals surface area contributed by atoms with Gasteiger partial charge in [0.05, 0.1) is 5.75 Å². The maximum atomic E-state index is 5.18. The minimum absolute atomic E-state index is 0.615. The van der Waals surface area contributed by atoms with Crippen LogP contribution in [0.4, 0.5) is 0 Å². The summed E-state index contributed by atoms with van der Waals surface area (Å²) in [5.41, 5.74) is 0. The van der Waals surface area contributed by atoms with Gasteiger partial charge in [0.15, 0.2) is 5.96 Å². The van der Waals surface area contributed by atoms with Gasteiger partial charge in [-0.3, -0.25) is 4.99 Å². The maximum Gasteiger partial charge on any atom is 0.191 e. The summed E-state index contributed by atoms with van der Waals surface area (Å²) in [6.45, 7) is 0.915. The summed E-state index contributed by atoms with van der Waals surface area (Å²) in [6, 6.07) is 0.615. The second kappa shape index (κ2) is 8.35. The number of rotatable bonds is 5. The molecule has 0 amide bonds. The number of hydrogen-bond donors (Lipinski definition) is 2. The van der Waals surface area contributed by atoms with Crippen molar-refractivity contribution >= 4 is 17.7 Å². The molecule has 0 saturated heterocycles. The van der Waals surface area contributed by atoms with Crippen molar-refractivity contribution < 1.29 is 0 Å². The van der Waals surface area contributed by atoms with Crippen LogP contribution >= 0.6 is 11.8 Å². The van der Waals surface area contributed by atoms with E-state index >= 15 is 0 Å². The van der Waals surface area contributed by atoms with E-state index in [0.29, 0.717) is 6.04 Å². The highest BCUT2D eigenvalue weighted by atomic mass is 32.2. The highest BCUT2D eigenvalue weighted by molar-refractivity contribution is 7.99. The van der Waals surface area contributed by atoms with Gasteiger partial charge in [0.2, 0.25) is 0 Å². The highest BCUT2D eigenvalue weighted by Gasteiger charge is 2.15. The van der Waals surface area contributed by atoms with Crippen LogP contribution in [-0.4, -0.2) is 37.1 Å². The van der Waals surface area contributed by atoms with Gasteiger partial charge < -0.3 is 10.6 Å². The average molecular weight is 239 g/mol. The first-order valence-electron chi connectivity index (χ1n) is 5.85. The number of thioether (sulfide) groups is 1. The Morgan fingerprint density at radius 3 is 2.88 bits per heavy atom. The van der Waals surface area contributed by atoms with E-state index in [1.165, 1.54) is 25.7 Å². The van der Waals surface area contributed by atoms with Crippen LogP contribution in [0.3, 0.4) is 0 Å². The molecule has 1 fully saturated rings. The average Bonchev–Trinajstić information content (AvgIpc) is 2.80. The zero-order chi connectivity index (χ0) is 11.6. The lowest BCUT2D eigenvalue weighted by molar-refractivity contribution is 0.616. The number of nitrogens with one attached hydrogen (secondary N) is 2. The van der Waals surface area contributed by atoms with Gasteiger partial charge in [-0.1, -0.05) is 18.8 Å². The predicted octanol–water partition coefficient (Wildman–Crippen LogP) is 1.46. The van der Waals surface area contributed by atoms with E-state index in [1.54, 1.807) is 11.8 Å². The summed E-state index contributed by atoms with van der Waals surface area (Å²) < 4.78 is 0. The van der Waals surface area contributed by atoms with Gasteiger partial charge in [0.25, 0.3) is 0 Å². The normalized spacial score (nSPS) is 17.1. The Hall–Kier alpha value is -0.820. The molecule has 0 atom stereocenters. The molecule has 0 heterocycles. The minimum atomic E-state index is 0.615. The first kappa shape index (κ1) is 13.2. The van der Waals surface area contributed by atoms with Crippen molar-refractivity contribution in [2.75, 3.05) is 25.1 Å². The standard InChI is InChI=1S/C12H21N3S/c1-3-9-16-10-8-14-12(13-2)15-11-6-4-5-7-11/h1,11H,4-10H2,2H3,(H2,13,14,15). The Bertz CT molecular complexity index is 251. The Labute approximate surface area is 103 Å². The molecule has 90 valence electrons. The Kier molecular flexibility index (Phi) is 6.91. The van der Waals surface area contributed by atoms with Crippen LogP contribution in [0.2, 0.25) is 0 Å². The lowest BCUT2D eigenvalue weighted by Gasteiger charge is -2.16. The molecule has 4 heteroatoms. The second-order valence-electron chi connectivity index (χ2n) is 3.88. The van der Waals surface area contributed by atoms with Gasteiger partial charge in [-0.15, -0.1) is 18.2 Å². The molecule has 0 spiro atoms. The van der Waals surface area contributed by atoms with Crippen molar-refractivity contribution in [2.24, 2.45) is 4.99 Å². The molecule has 1 aliphatic carbocycles. The van der Waals surface area contributed by atoms with E-state index in [9.17, 15) is 0 Å². The third-order valence-electron chi connectivity index (χ3n) is 2.64. The van der Waals surface area contributed by atoms with Crippen molar-refractivity contribution in [2.45, 2.75) is 31.7 Å². The Morgan fingerprint density at radius 1 is 1.50 bits per heavy atom. The molecule has 0 unspecified atom stereocenters. The third kappa shape index (κ3) is 5.32. The fourth-order valence-corrected chi connectivity index (χ4v) is 2.34. The van der Waals surface area contributed by atoms with E-state index in [4.69, 9.17) is 6.42 Å². The smallest absolute Gasteiger partial charge is 0.191 e. The number of nitrogens with zero attached hydrogens (tertiary/aromatic N) is 1. The topological polar surface area (TPSA) is 36.4 Å². The third-order valence-corrected chi connectivity index (χ3v) is 3.51. The monoisotopic (exact) mass is 239 g/mol. The molecular formula is C12H21N3S.